The third-order valence-electron chi connectivity index (χ3n) is 4.70. The average molecular weight is 393 g/mol. The summed E-state index contributed by atoms with van der Waals surface area (Å²) in [6.45, 7) is 0.0102. The van der Waals surface area contributed by atoms with Crippen LogP contribution in [0.5, 0.6) is 0 Å². The minimum atomic E-state index is -0.860. The third-order valence-corrected chi connectivity index (χ3v) is 4.70. The molecule has 1 fully saturated rings. The van der Waals surface area contributed by atoms with E-state index < -0.39 is 23.6 Å². The minimum absolute atomic E-state index is 0.00563. The van der Waals surface area contributed by atoms with Gasteiger partial charge in [0, 0.05) is 12.1 Å². The number of anilines is 1. The van der Waals surface area contributed by atoms with Gasteiger partial charge >= 0.3 is 12.0 Å². The smallest absolute Gasteiger partial charge is 0.360 e. The van der Waals surface area contributed by atoms with Gasteiger partial charge in [0.25, 0.3) is 0 Å². The minimum Gasteiger partial charge on any atom is -0.464 e. The summed E-state index contributed by atoms with van der Waals surface area (Å²) in [5, 5.41) is 2.48. The van der Waals surface area contributed by atoms with Gasteiger partial charge in [0.1, 0.15) is 17.9 Å². The molecule has 2 amide bonds. The number of carbonyl (C=O) groups excluding carboxylic acids is 2. The van der Waals surface area contributed by atoms with Crippen molar-refractivity contribution in [1.82, 2.24) is 9.88 Å². The SMILES string of the molecule is COC(=O)c1coc(CN(C(=O)Nc2ccc(F)cc2F)C2CCCCC2)n1. The van der Waals surface area contributed by atoms with Gasteiger partial charge in [-0.3, -0.25) is 0 Å². The molecule has 1 heterocycles. The van der Waals surface area contributed by atoms with Crippen LogP contribution in [-0.2, 0) is 11.3 Å². The van der Waals surface area contributed by atoms with Crippen LogP contribution in [0.3, 0.4) is 0 Å². The van der Waals surface area contributed by atoms with Gasteiger partial charge in [-0.05, 0) is 25.0 Å². The van der Waals surface area contributed by atoms with E-state index in [2.05, 4.69) is 15.0 Å². The van der Waals surface area contributed by atoms with Gasteiger partial charge in [-0.15, -0.1) is 0 Å². The molecule has 150 valence electrons. The molecule has 28 heavy (non-hydrogen) atoms. The summed E-state index contributed by atoms with van der Waals surface area (Å²) >= 11 is 0. The Morgan fingerprint density at radius 3 is 2.71 bits per heavy atom. The molecular weight excluding hydrogens is 372 g/mol. The molecule has 9 heteroatoms. The van der Waals surface area contributed by atoms with Gasteiger partial charge in [0.2, 0.25) is 5.89 Å². The standard InChI is InChI=1S/C19H21F2N3O4/c1-27-18(25)16-11-28-17(22-16)10-24(13-5-3-2-4-6-13)19(26)23-15-8-7-12(20)9-14(15)21/h7-9,11,13H,2-6,10H2,1H3,(H,23,26). The quantitative estimate of drug-likeness (QED) is 0.773. The Kier molecular flexibility index (Phi) is 6.23. The van der Waals surface area contributed by atoms with Crippen molar-refractivity contribution in [3.63, 3.8) is 0 Å². The lowest BCUT2D eigenvalue weighted by Gasteiger charge is -2.33. The highest BCUT2D eigenvalue weighted by molar-refractivity contribution is 5.89. The lowest BCUT2D eigenvalue weighted by Crippen LogP contribution is -2.43. The molecular formula is C19H21F2N3O4. The Morgan fingerprint density at radius 2 is 2.04 bits per heavy atom. The maximum absolute atomic E-state index is 13.9. The van der Waals surface area contributed by atoms with Crippen molar-refractivity contribution in [3.8, 4) is 0 Å². The zero-order chi connectivity index (χ0) is 20.1. The first-order valence-electron chi connectivity index (χ1n) is 9.03. The predicted octanol–water partition coefficient (Wildman–Crippen LogP) is 4.11. The molecule has 0 spiro atoms. The molecule has 7 nitrogen and oxygen atoms in total. The Labute approximate surface area is 160 Å². The molecule has 1 aromatic heterocycles. The Balaban J connectivity index is 1.78. The number of hydrogen-bond acceptors (Lipinski definition) is 5. The first kappa shape index (κ1) is 19.8. The van der Waals surface area contributed by atoms with Crippen LogP contribution in [0.1, 0.15) is 48.5 Å². The molecule has 0 unspecified atom stereocenters. The maximum Gasteiger partial charge on any atom is 0.360 e. The van der Waals surface area contributed by atoms with Crippen molar-refractivity contribution in [3.05, 3.63) is 47.7 Å². The lowest BCUT2D eigenvalue weighted by molar-refractivity contribution is 0.0594. The lowest BCUT2D eigenvalue weighted by atomic mass is 9.94. The molecule has 1 aliphatic carbocycles. The highest BCUT2D eigenvalue weighted by Crippen LogP contribution is 2.25. The number of amides is 2. The first-order chi connectivity index (χ1) is 13.5. The fourth-order valence-corrected chi connectivity index (χ4v) is 3.26. The monoisotopic (exact) mass is 393 g/mol. The number of aromatic nitrogens is 1. The molecule has 1 aliphatic rings. The number of ether oxygens (including phenoxy) is 1. The molecule has 1 N–H and O–H groups in total. The van der Waals surface area contributed by atoms with Crippen molar-refractivity contribution >= 4 is 17.7 Å². The van der Waals surface area contributed by atoms with E-state index in [0.717, 1.165) is 44.4 Å². The summed E-state index contributed by atoms with van der Waals surface area (Å²) in [6.07, 6.45) is 5.78. The van der Waals surface area contributed by atoms with E-state index in [1.165, 1.54) is 18.1 Å². The first-order valence-corrected chi connectivity index (χ1v) is 9.03. The number of nitrogens with zero attached hydrogens (tertiary/aromatic N) is 2. The number of methoxy groups -OCH3 is 1. The van der Waals surface area contributed by atoms with Crippen LogP contribution in [0.2, 0.25) is 0 Å². The van der Waals surface area contributed by atoms with Crippen molar-refractivity contribution in [2.24, 2.45) is 0 Å². The van der Waals surface area contributed by atoms with Crippen LogP contribution in [0, 0.1) is 11.6 Å². The summed E-state index contributed by atoms with van der Waals surface area (Å²) in [6, 6.07) is 2.32. The summed E-state index contributed by atoms with van der Waals surface area (Å²) in [4.78, 5) is 29.9. The number of nitrogens with one attached hydrogen (secondary N) is 1. The van der Waals surface area contributed by atoms with Crippen molar-refractivity contribution < 1.29 is 27.5 Å². The Bertz CT molecular complexity index is 849. The van der Waals surface area contributed by atoms with Crippen molar-refractivity contribution in [2.75, 3.05) is 12.4 Å². The number of urea groups is 1. The fraction of sp³-hybridized carbons (Fsp3) is 0.421. The molecule has 0 bridgehead atoms. The highest BCUT2D eigenvalue weighted by Gasteiger charge is 2.28. The molecule has 1 saturated carbocycles. The van der Waals surface area contributed by atoms with Gasteiger partial charge in [-0.2, -0.15) is 0 Å². The molecule has 2 aromatic rings. The largest absolute Gasteiger partial charge is 0.464 e. The van der Waals surface area contributed by atoms with Crippen molar-refractivity contribution in [1.29, 1.82) is 0 Å². The van der Waals surface area contributed by atoms with Crippen LogP contribution < -0.4 is 5.32 Å². The van der Waals surface area contributed by atoms with E-state index in [9.17, 15) is 18.4 Å². The van der Waals surface area contributed by atoms with Gasteiger partial charge in [0.05, 0.1) is 19.3 Å². The normalized spacial score (nSPS) is 14.5. The molecule has 0 aliphatic heterocycles. The molecule has 0 saturated heterocycles. The van der Waals surface area contributed by atoms with Gasteiger partial charge in [-0.25, -0.2) is 23.4 Å². The van der Waals surface area contributed by atoms with E-state index >= 15 is 0 Å². The number of esters is 1. The van der Waals surface area contributed by atoms with Crippen LogP contribution in [-0.4, -0.2) is 35.0 Å². The Morgan fingerprint density at radius 1 is 1.29 bits per heavy atom. The van der Waals surface area contributed by atoms with Crippen LogP contribution in [0.15, 0.2) is 28.9 Å². The fourth-order valence-electron chi connectivity index (χ4n) is 3.26. The number of oxazole rings is 1. The third kappa shape index (κ3) is 4.65. The number of halogens is 2. The van der Waals surface area contributed by atoms with Gasteiger partial charge in [0.15, 0.2) is 5.69 Å². The van der Waals surface area contributed by atoms with Gasteiger partial charge in [-0.1, -0.05) is 19.3 Å². The molecule has 0 radical (unpaired) electrons. The van der Waals surface area contributed by atoms with Gasteiger partial charge < -0.3 is 19.4 Å². The van der Waals surface area contributed by atoms with Crippen LogP contribution in [0.25, 0.3) is 0 Å². The summed E-state index contributed by atoms with van der Waals surface area (Å²) in [5.41, 5.74) is -0.110. The van der Waals surface area contributed by atoms with E-state index in [1.807, 2.05) is 0 Å². The summed E-state index contributed by atoms with van der Waals surface area (Å²) in [7, 11) is 1.23. The summed E-state index contributed by atoms with van der Waals surface area (Å²) in [5.74, 6) is -2.06. The average Bonchev–Trinajstić information content (AvgIpc) is 3.17. The zero-order valence-corrected chi connectivity index (χ0v) is 15.4. The number of rotatable bonds is 5. The number of benzene rings is 1. The molecule has 3 rings (SSSR count). The van der Waals surface area contributed by atoms with E-state index in [0.29, 0.717) is 6.07 Å². The van der Waals surface area contributed by atoms with Crippen LogP contribution >= 0.6 is 0 Å². The summed E-state index contributed by atoms with van der Waals surface area (Å²) < 4.78 is 36.9. The molecule has 1 aromatic carbocycles. The van der Waals surface area contributed by atoms with E-state index in [1.54, 1.807) is 0 Å². The maximum atomic E-state index is 13.9. The second kappa shape index (κ2) is 8.81. The number of hydrogen-bond donors (Lipinski definition) is 1. The predicted molar refractivity (Wildman–Crippen MR) is 95.6 cm³/mol. The second-order valence-electron chi connectivity index (χ2n) is 6.59. The Hall–Kier alpha value is -2.97. The van der Waals surface area contributed by atoms with E-state index in [4.69, 9.17) is 4.42 Å². The highest BCUT2D eigenvalue weighted by atomic mass is 19.1. The van der Waals surface area contributed by atoms with Crippen LogP contribution in [0.4, 0.5) is 19.3 Å². The zero-order valence-electron chi connectivity index (χ0n) is 15.4. The van der Waals surface area contributed by atoms with E-state index in [-0.39, 0.29) is 29.9 Å². The van der Waals surface area contributed by atoms with Crippen molar-refractivity contribution in [2.45, 2.75) is 44.7 Å². The number of carbonyl (C=O) groups is 2. The second-order valence-corrected chi connectivity index (χ2v) is 6.59. The molecule has 0 atom stereocenters. The topological polar surface area (TPSA) is 84.7 Å².